The summed E-state index contributed by atoms with van der Waals surface area (Å²) in [6.07, 6.45) is 6.64. The molecule has 1 saturated carbocycles. The maximum atomic E-state index is 11.7. The first-order valence-electron chi connectivity index (χ1n) is 6.26. The molecule has 3 nitrogen and oxygen atoms in total. The fourth-order valence-electron chi connectivity index (χ4n) is 2.45. The van der Waals surface area contributed by atoms with E-state index in [0.29, 0.717) is 12.3 Å². The Morgan fingerprint density at radius 3 is 2.81 bits per heavy atom. The van der Waals surface area contributed by atoms with Gasteiger partial charge in [-0.05, 0) is 12.3 Å². The van der Waals surface area contributed by atoms with Gasteiger partial charge < -0.3 is 4.74 Å². The van der Waals surface area contributed by atoms with Crippen molar-refractivity contribution < 1.29 is 14.3 Å². The Bertz CT molecular complexity index is 248. The molecule has 92 valence electrons. The van der Waals surface area contributed by atoms with Crippen LogP contribution in [-0.2, 0) is 14.3 Å². The molecule has 0 saturated heterocycles. The Morgan fingerprint density at radius 1 is 1.44 bits per heavy atom. The van der Waals surface area contributed by atoms with E-state index in [4.69, 9.17) is 0 Å². The largest absolute Gasteiger partial charge is 0.469 e. The Labute approximate surface area is 97.5 Å². The van der Waals surface area contributed by atoms with E-state index in [1.54, 1.807) is 0 Å². The summed E-state index contributed by atoms with van der Waals surface area (Å²) in [5.41, 5.74) is 0. The maximum Gasteiger partial charge on any atom is 0.306 e. The van der Waals surface area contributed by atoms with Crippen LogP contribution in [0.3, 0.4) is 0 Å². The lowest BCUT2D eigenvalue weighted by Gasteiger charge is -2.08. The van der Waals surface area contributed by atoms with Crippen LogP contribution >= 0.6 is 0 Å². The molecule has 16 heavy (non-hydrogen) atoms. The minimum atomic E-state index is -0.257. The molecule has 0 bridgehead atoms. The Kier molecular flexibility index (Phi) is 5.50. The molecule has 0 amide bonds. The van der Waals surface area contributed by atoms with Crippen LogP contribution in [0.4, 0.5) is 0 Å². The first kappa shape index (κ1) is 13.2. The van der Waals surface area contributed by atoms with Crippen LogP contribution in [-0.4, -0.2) is 18.9 Å². The van der Waals surface area contributed by atoms with Crippen LogP contribution in [0.15, 0.2) is 0 Å². The monoisotopic (exact) mass is 226 g/mol. The molecule has 0 aliphatic heterocycles. The lowest BCUT2D eigenvalue weighted by molar-refractivity contribution is -0.143. The molecule has 0 aromatic carbocycles. The molecule has 0 N–H and O–H groups in total. The van der Waals surface area contributed by atoms with Gasteiger partial charge in [0.25, 0.3) is 0 Å². The third-order valence-corrected chi connectivity index (χ3v) is 3.42. The highest BCUT2D eigenvalue weighted by Crippen LogP contribution is 2.33. The quantitative estimate of drug-likeness (QED) is 0.516. The lowest BCUT2D eigenvalue weighted by Crippen LogP contribution is -2.13. The summed E-state index contributed by atoms with van der Waals surface area (Å²) in [5.74, 6) is 0.437. The number of hydrogen-bond donors (Lipinski definition) is 0. The first-order chi connectivity index (χ1) is 7.67. The summed E-state index contributed by atoms with van der Waals surface area (Å²) in [6, 6.07) is 0. The smallest absolute Gasteiger partial charge is 0.306 e. The Hall–Kier alpha value is -0.860. The minimum absolute atomic E-state index is 0.0703. The second-order valence-corrected chi connectivity index (χ2v) is 4.75. The Balaban J connectivity index is 2.29. The van der Waals surface area contributed by atoms with E-state index in [1.807, 2.05) is 0 Å². The van der Waals surface area contributed by atoms with Crippen LogP contribution < -0.4 is 0 Å². The van der Waals surface area contributed by atoms with Crippen molar-refractivity contribution in [3.05, 3.63) is 0 Å². The van der Waals surface area contributed by atoms with E-state index in [-0.39, 0.29) is 24.1 Å². The van der Waals surface area contributed by atoms with E-state index in [1.165, 1.54) is 26.4 Å². The normalized spacial score (nSPS) is 24.8. The van der Waals surface area contributed by atoms with Crippen molar-refractivity contribution in [1.29, 1.82) is 0 Å². The van der Waals surface area contributed by atoms with Crippen molar-refractivity contribution in [1.82, 2.24) is 0 Å². The van der Waals surface area contributed by atoms with Gasteiger partial charge in [-0.2, -0.15) is 0 Å². The fourth-order valence-corrected chi connectivity index (χ4v) is 2.45. The van der Waals surface area contributed by atoms with Gasteiger partial charge in [-0.3, -0.25) is 9.59 Å². The van der Waals surface area contributed by atoms with E-state index < -0.39 is 0 Å². The molecule has 0 aromatic rings. The zero-order valence-electron chi connectivity index (χ0n) is 10.3. The number of hydrogen-bond acceptors (Lipinski definition) is 3. The number of rotatable bonds is 6. The molecule has 0 radical (unpaired) electrons. The lowest BCUT2D eigenvalue weighted by atomic mass is 9.97. The summed E-state index contributed by atoms with van der Waals surface area (Å²) < 4.78 is 4.60. The van der Waals surface area contributed by atoms with Gasteiger partial charge in [0.05, 0.1) is 13.5 Å². The number of methoxy groups -OCH3 is 1. The molecular formula is C13H22O3. The van der Waals surface area contributed by atoms with Gasteiger partial charge in [-0.25, -0.2) is 0 Å². The third-order valence-electron chi connectivity index (χ3n) is 3.42. The van der Waals surface area contributed by atoms with Crippen molar-refractivity contribution in [2.75, 3.05) is 7.11 Å². The van der Waals surface area contributed by atoms with Gasteiger partial charge in [-0.1, -0.05) is 32.6 Å². The average Bonchev–Trinajstić information content (AvgIpc) is 2.60. The highest BCUT2D eigenvalue weighted by Gasteiger charge is 2.33. The van der Waals surface area contributed by atoms with Crippen LogP contribution in [0.25, 0.3) is 0 Å². The molecule has 1 aliphatic rings. The second kappa shape index (κ2) is 6.66. The molecule has 1 aliphatic carbocycles. The van der Waals surface area contributed by atoms with Crippen molar-refractivity contribution in [2.45, 2.75) is 51.9 Å². The van der Waals surface area contributed by atoms with Crippen molar-refractivity contribution in [2.24, 2.45) is 11.8 Å². The SMILES string of the molecule is CCCCCC1CC(=O)C(CC(=O)OC)C1. The highest BCUT2D eigenvalue weighted by molar-refractivity contribution is 5.87. The standard InChI is InChI=1S/C13H22O3/c1-3-4-5-6-10-7-11(12(14)8-10)9-13(15)16-2/h10-11H,3-9H2,1-2H3. The topological polar surface area (TPSA) is 43.4 Å². The van der Waals surface area contributed by atoms with Crippen molar-refractivity contribution in [3.63, 3.8) is 0 Å². The second-order valence-electron chi connectivity index (χ2n) is 4.75. The molecule has 1 fully saturated rings. The predicted molar refractivity (Wildman–Crippen MR) is 62.0 cm³/mol. The summed E-state index contributed by atoms with van der Waals surface area (Å²) >= 11 is 0. The average molecular weight is 226 g/mol. The van der Waals surface area contributed by atoms with E-state index in [0.717, 1.165) is 12.8 Å². The maximum absolute atomic E-state index is 11.7. The molecular weight excluding hydrogens is 204 g/mol. The molecule has 0 heterocycles. The number of carbonyl (C=O) groups excluding carboxylic acids is 2. The zero-order chi connectivity index (χ0) is 12.0. The predicted octanol–water partition coefficient (Wildman–Crippen LogP) is 2.73. The van der Waals surface area contributed by atoms with Crippen LogP contribution in [0, 0.1) is 11.8 Å². The first-order valence-corrected chi connectivity index (χ1v) is 6.26. The molecule has 2 unspecified atom stereocenters. The molecule has 2 atom stereocenters. The van der Waals surface area contributed by atoms with Gasteiger partial charge in [0, 0.05) is 12.3 Å². The van der Waals surface area contributed by atoms with Crippen LogP contribution in [0.2, 0.25) is 0 Å². The van der Waals surface area contributed by atoms with Crippen molar-refractivity contribution in [3.8, 4) is 0 Å². The van der Waals surface area contributed by atoms with Gasteiger partial charge >= 0.3 is 5.97 Å². The third kappa shape index (κ3) is 3.95. The van der Waals surface area contributed by atoms with Gasteiger partial charge in [0.15, 0.2) is 0 Å². The zero-order valence-corrected chi connectivity index (χ0v) is 10.3. The van der Waals surface area contributed by atoms with E-state index in [2.05, 4.69) is 11.7 Å². The van der Waals surface area contributed by atoms with E-state index >= 15 is 0 Å². The highest BCUT2D eigenvalue weighted by atomic mass is 16.5. The van der Waals surface area contributed by atoms with Gasteiger partial charge in [0.2, 0.25) is 0 Å². The van der Waals surface area contributed by atoms with Crippen LogP contribution in [0.5, 0.6) is 0 Å². The number of unbranched alkanes of at least 4 members (excludes halogenated alkanes) is 2. The summed E-state index contributed by atoms with van der Waals surface area (Å²) in [4.78, 5) is 22.8. The number of esters is 1. The molecule has 1 rings (SSSR count). The van der Waals surface area contributed by atoms with Crippen molar-refractivity contribution >= 4 is 11.8 Å². The minimum Gasteiger partial charge on any atom is -0.469 e. The molecule has 0 spiro atoms. The molecule has 3 heteroatoms. The Morgan fingerprint density at radius 2 is 2.19 bits per heavy atom. The summed E-state index contributed by atoms with van der Waals surface area (Å²) in [7, 11) is 1.38. The number of ether oxygens (including phenoxy) is 1. The van der Waals surface area contributed by atoms with E-state index in [9.17, 15) is 9.59 Å². The summed E-state index contributed by atoms with van der Waals surface area (Å²) in [5, 5.41) is 0. The number of Topliss-reactive ketones (excluding diaryl/α,β-unsaturated/α-hetero) is 1. The fraction of sp³-hybridized carbons (Fsp3) is 0.846. The summed E-state index contributed by atoms with van der Waals surface area (Å²) in [6.45, 7) is 2.18. The molecule has 0 aromatic heterocycles. The van der Waals surface area contributed by atoms with Gasteiger partial charge in [-0.15, -0.1) is 0 Å². The van der Waals surface area contributed by atoms with Crippen LogP contribution in [0.1, 0.15) is 51.9 Å². The van der Waals surface area contributed by atoms with Gasteiger partial charge in [0.1, 0.15) is 5.78 Å². The number of carbonyl (C=O) groups is 2. The number of ketones is 1.